The normalized spacial score (nSPS) is 41.9. The number of fused-ring (bicyclic) bond motifs is 3. The number of hydrogen-bond donors (Lipinski definition) is 0. The molecule has 9 rings (SSSR count). The highest BCUT2D eigenvalue weighted by Gasteiger charge is 2.47. The summed E-state index contributed by atoms with van der Waals surface area (Å²) in [5, 5.41) is 0. The summed E-state index contributed by atoms with van der Waals surface area (Å²) < 4.78 is 55.0. The maximum absolute atomic E-state index is 15.2. The molecule has 9 aliphatic rings. The first-order valence-corrected chi connectivity index (χ1v) is 24.2. The fourth-order valence-corrected chi connectivity index (χ4v) is 14.3. The Morgan fingerprint density at radius 3 is 1.00 bits per heavy atom. The van der Waals surface area contributed by atoms with Crippen molar-refractivity contribution in [2.75, 3.05) is 39.8 Å². The van der Waals surface area contributed by atoms with Crippen LogP contribution in [0.1, 0.15) is 154 Å². The summed E-state index contributed by atoms with van der Waals surface area (Å²) >= 11 is 0. The molecule has 10 nitrogen and oxygen atoms in total. The van der Waals surface area contributed by atoms with Gasteiger partial charge in [0, 0.05) is 55.5 Å². The maximum atomic E-state index is 15.2. The molecule has 0 aromatic carbocycles. The Morgan fingerprint density at radius 2 is 0.698 bits per heavy atom. The minimum Gasteiger partial charge on any atom is -0.362 e. The highest BCUT2D eigenvalue weighted by molar-refractivity contribution is 7.48. The molecule has 0 N–H and O–H groups in total. The van der Waals surface area contributed by atoms with E-state index in [1.54, 1.807) is 0 Å². The van der Waals surface area contributed by atoms with E-state index in [-0.39, 0.29) is 36.6 Å². The molecule has 53 heavy (non-hydrogen) atoms. The predicted molar refractivity (Wildman–Crippen MR) is 204 cm³/mol. The van der Waals surface area contributed by atoms with Crippen molar-refractivity contribution in [3.05, 3.63) is 0 Å². The molecule has 3 saturated heterocycles. The van der Waals surface area contributed by atoms with E-state index < -0.39 is 7.82 Å². The molecular weight excluding hydrogens is 689 g/mol. The van der Waals surface area contributed by atoms with Crippen molar-refractivity contribution in [2.24, 2.45) is 17.8 Å². The van der Waals surface area contributed by atoms with Crippen LogP contribution >= 0.6 is 7.82 Å². The maximum Gasteiger partial charge on any atom is 0.475 e. The summed E-state index contributed by atoms with van der Waals surface area (Å²) in [6.07, 6.45) is 28.3. The zero-order valence-electron chi connectivity index (χ0n) is 32.8. The average Bonchev–Trinajstić information content (AvgIpc) is 3.21. The van der Waals surface area contributed by atoms with Gasteiger partial charge in [0.05, 0.1) is 56.8 Å². The largest absolute Gasteiger partial charge is 0.475 e. The molecule has 6 aliphatic carbocycles. The SMILES string of the molecule is O=P(OC1CCC2OCN(C3CCCCC3)CC2C1)(OC1CCC2OCN(C3CCCCC3)CC2C1)OC1CCC2OCN(C3CCCCC3)CC2C1. The van der Waals surface area contributed by atoms with Crippen molar-refractivity contribution in [3.63, 3.8) is 0 Å². The van der Waals surface area contributed by atoms with E-state index in [0.29, 0.717) is 35.9 Å². The second-order valence-electron chi connectivity index (χ2n) is 19.0. The van der Waals surface area contributed by atoms with Gasteiger partial charge >= 0.3 is 7.82 Å². The Kier molecular flexibility index (Phi) is 12.9. The first-order valence-electron chi connectivity index (χ1n) is 22.8. The third-order valence-corrected chi connectivity index (χ3v) is 17.1. The van der Waals surface area contributed by atoms with Crippen molar-refractivity contribution in [2.45, 2.75) is 209 Å². The van der Waals surface area contributed by atoms with E-state index in [9.17, 15) is 0 Å². The van der Waals surface area contributed by atoms with E-state index in [1.165, 1.54) is 96.3 Å². The Hall–Kier alpha value is -0.130. The lowest BCUT2D eigenvalue weighted by molar-refractivity contribution is -0.155. The van der Waals surface area contributed by atoms with Crippen LogP contribution in [0.5, 0.6) is 0 Å². The summed E-state index contributed by atoms with van der Waals surface area (Å²) in [6.45, 7) is 5.48. The molecule has 9 atom stereocenters. The Bertz CT molecular complexity index is 1070. The summed E-state index contributed by atoms with van der Waals surface area (Å²) in [5.41, 5.74) is 0. The van der Waals surface area contributed by atoms with Gasteiger partial charge in [-0.3, -0.25) is 28.3 Å². The summed E-state index contributed by atoms with van der Waals surface area (Å²) in [7, 11) is -3.85. The van der Waals surface area contributed by atoms with E-state index in [1.807, 2.05) is 0 Å². The number of hydrogen-bond acceptors (Lipinski definition) is 10. The number of rotatable bonds is 9. The minimum atomic E-state index is -3.85. The molecule has 11 heteroatoms. The van der Waals surface area contributed by atoms with E-state index in [2.05, 4.69) is 14.7 Å². The zero-order valence-corrected chi connectivity index (χ0v) is 33.7. The third-order valence-electron chi connectivity index (χ3n) is 15.5. The van der Waals surface area contributed by atoms with Crippen LogP contribution in [-0.4, -0.2) is 109 Å². The summed E-state index contributed by atoms with van der Waals surface area (Å²) in [5.74, 6) is 1.21. The Labute approximate surface area is 320 Å². The highest BCUT2D eigenvalue weighted by atomic mass is 31.2. The first-order chi connectivity index (χ1) is 26.0. The van der Waals surface area contributed by atoms with Gasteiger partial charge in [-0.1, -0.05) is 57.8 Å². The van der Waals surface area contributed by atoms with E-state index in [4.69, 9.17) is 27.8 Å². The lowest BCUT2D eigenvalue weighted by Gasteiger charge is -2.48. The van der Waals surface area contributed by atoms with Gasteiger partial charge in [-0.2, -0.15) is 0 Å². The van der Waals surface area contributed by atoms with E-state index >= 15 is 4.57 Å². The minimum absolute atomic E-state index is 0.135. The fourth-order valence-electron chi connectivity index (χ4n) is 12.5. The molecule has 302 valence electrons. The second-order valence-corrected chi connectivity index (χ2v) is 20.6. The third kappa shape index (κ3) is 9.44. The molecular formula is C42H72N3O7P. The van der Waals surface area contributed by atoms with Crippen molar-refractivity contribution in [1.29, 1.82) is 0 Å². The summed E-state index contributed by atoms with van der Waals surface area (Å²) in [6, 6.07) is 1.93. The standard InChI is InChI=1S/C42H72N3O7P/c46-53(50-37-16-19-40-31(22-37)25-43(28-47-40)34-10-4-1-5-11-34,51-38-17-20-41-32(23-38)26-44(29-48-41)35-12-6-2-7-13-35)52-39-18-21-42-33(24-39)27-45(30-49-42)36-14-8-3-9-15-36/h31-42H,1-30H2. The second kappa shape index (κ2) is 17.8. The molecule has 0 bridgehead atoms. The molecule has 0 aromatic heterocycles. The van der Waals surface area contributed by atoms with Gasteiger partial charge in [0.2, 0.25) is 0 Å². The smallest absolute Gasteiger partial charge is 0.362 e. The summed E-state index contributed by atoms with van der Waals surface area (Å²) in [4.78, 5) is 7.79. The number of ether oxygens (including phenoxy) is 3. The average molecular weight is 762 g/mol. The van der Waals surface area contributed by atoms with Crippen LogP contribution in [0.15, 0.2) is 0 Å². The van der Waals surface area contributed by atoms with Gasteiger partial charge in [-0.05, 0) is 96.3 Å². The van der Waals surface area contributed by atoms with Gasteiger partial charge in [0.1, 0.15) is 0 Å². The van der Waals surface area contributed by atoms with Crippen molar-refractivity contribution in [1.82, 2.24) is 14.7 Å². The molecule has 9 unspecified atom stereocenters. The quantitative estimate of drug-likeness (QED) is 0.213. The van der Waals surface area contributed by atoms with Crippen molar-refractivity contribution < 1.29 is 32.3 Å². The lowest BCUT2D eigenvalue weighted by Crippen LogP contribution is -2.52. The van der Waals surface area contributed by atoms with Crippen LogP contribution in [0.25, 0.3) is 0 Å². The van der Waals surface area contributed by atoms with Crippen molar-refractivity contribution in [3.8, 4) is 0 Å². The molecule has 0 spiro atoms. The number of phosphoric acid groups is 1. The number of phosphoric ester groups is 1. The molecule has 3 aliphatic heterocycles. The van der Waals surface area contributed by atoms with Crippen LogP contribution in [0.4, 0.5) is 0 Å². The highest BCUT2D eigenvalue weighted by Crippen LogP contribution is 2.58. The van der Waals surface area contributed by atoms with Crippen LogP contribution in [0.2, 0.25) is 0 Å². The topological polar surface area (TPSA) is 82.2 Å². The molecule has 0 amide bonds. The fraction of sp³-hybridized carbons (Fsp3) is 1.00. The monoisotopic (exact) mass is 762 g/mol. The van der Waals surface area contributed by atoms with Gasteiger partial charge in [-0.15, -0.1) is 0 Å². The van der Waals surface area contributed by atoms with Gasteiger partial charge in [-0.25, -0.2) is 4.57 Å². The molecule has 9 fully saturated rings. The van der Waals surface area contributed by atoms with Gasteiger partial charge in [0.15, 0.2) is 0 Å². The van der Waals surface area contributed by atoms with Crippen LogP contribution in [-0.2, 0) is 32.3 Å². The van der Waals surface area contributed by atoms with Crippen LogP contribution in [0, 0.1) is 17.8 Å². The van der Waals surface area contributed by atoms with Gasteiger partial charge in [0.25, 0.3) is 0 Å². The molecule has 0 aromatic rings. The lowest BCUT2D eigenvalue weighted by atomic mass is 9.82. The van der Waals surface area contributed by atoms with Gasteiger partial charge < -0.3 is 14.2 Å². The van der Waals surface area contributed by atoms with E-state index in [0.717, 1.165) is 97.6 Å². The van der Waals surface area contributed by atoms with Crippen LogP contribution in [0.3, 0.4) is 0 Å². The molecule has 3 heterocycles. The Morgan fingerprint density at radius 1 is 0.396 bits per heavy atom. The zero-order chi connectivity index (χ0) is 35.6. The van der Waals surface area contributed by atoms with Crippen molar-refractivity contribution >= 4 is 7.82 Å². The molecule has 0 radical (unpaired) electrons. The Balaban J connectivity index is 0.867. The first kappa shape index (κ1) is 38.4. The van der Waals surface area contributed by atoms with Crippen LogP contribution < -0.4 is 0 Å². The molecule has 6 saturated carbocycles. The predicted octanol–water partition coefficient (Wildman–Crippen LogP) is 8.62. The number of nitrogens with zero attached hydrogens (tertiary/aromatic N) is 3.